The molecule has 3 N–H and O–H groups in total. The van der Waals surface area contributed by atoms with Gasteiger partial charge in [0.15, 0.2) is 5.82 Å². The molecule has 1 aromatic carbocycles. The van der Waals surface area contributed by atoms with Crippen LogP contribution in [0.25, 0.3) is 22.2 Å². The molecule has 0 unspecified atom stereocenters. The normalized spacial score (nSPS) is 17.9. The summed E-state index contributed by atoms with van der Waals surface area (Å²) in [5.74, 6) is -3.42. The van der Waals surface area contributed by atoms with Crippen LogP contribution in [-0.2, 0) is 0 Å². The number of ether oxygens (including phenoxy) is 1. The Labute approximate surface area is 219 Å². The summed E-state index contributed by atoms with van der Waals surface area (Å²) in [7, 11) is 3.49. The van der Waals surface area contributed by atoms with Crippen LogP contribution in [0.4, 0.5) is 24.8 Å². The van der Waals surface area contributed by atoms with Gasteiger partial charge in [-0.2, -0.15) is 9.97 Å². The summed E-state index contributed by atoms with van der Waals surface area (Å²) in [5, 5.41) is 2.93. The lowest BCUT2D eigenvalue weighted by molar-refractivity contribution is 0.0156. The minimum absolute atomic E-state index is 0.0131. The number of nitrogens with one attached hydrogen (secondary N) is 1. The number of hydrogen-bond donors (Lipinski definition) is 2. The van der Waals surface area contributed by atoms with Crippen molar-refractivity contribution in [2.75, 3.05) is 64.1 Å². The number of likely N-dealkylation sites (tertiary alicyclic amines) is 1. The van der Waals surface area contributed by atoms with Crippen molar-refractivity contribution in [3.63, 3.8) is 0 Å². The number of methoxy groups -OCH3 is 1. The number of rotatable bonds is 3. The zero-order chi connectivity index (χ0) is 26.7. The van der Waals surface area contributed by atoms with E-state index in [0.29, 0.717) is 6.54 Å². The van der Waals surface area contributed by atoms with E-state index in [1.165, 1.54) is 44.0 Å². The van der Waals surface area contributed by atoms with Gasteiger partial charge in [-0.15, -0.1) is 0 Å². The number of hydrogen-bond acceptors (Lipinski definition) is 8. The van der Waals surface area contributed by atoms with Crippen molar-refractivity contribution >= 4 is 34.1 Å². The highest BCUT2D eigenvalue weighted by molar-refractivity contribution is 6.34. The lowest BCUT2D eigenvalue weighted by atomic mass is 10.1. The maximum Gasteiger partial charge on any atom is 0.318 e. The smallest absolute Gasteiger partial charge is 0.318 e. The van der Waals surface area contributed by atoms with Crippen LogP contribution >= 0.6 is 11.6 Å². The Morgan fingerprint density at radius 1 is 1.11 bits per heavy atom. The third kappa shape index (κ3) is 6.34. The molecule has 8 nitrogen and oxygen atoms in total. The fourth-order valence-electron chi connectivity index (χ4n) is 4.50. The van der Waals surface area contributed by atoms with Crippen LogP contribution < -0.4 is 20.7 Å². The number of fused-ring (bicyclic) bond motifs is 1. The number of pyridine rings is 1. The lowest BCUT2D eigenvalue weighted by Gasteiger charge is -2.26. The molecule has 0 saturated carbocycles. The summed E-state index contributed by atoms with van der Waals surface area (Å²) in [6.45, 7) is 3.94. The topological polar surface area (TPSA) is 92.4 Å². The second kappa shape index (κ2) is 11.2. The first-order valence-electron chi connectivity index (χ1n) is 12.1. The predicted molar refractivity (Wildman–Crippen MR) is 140 cm³/mol. The Morgan fingerprint density at radius 2 is 1.84 bits per heavy atom. The first kappa shape index (κ1) is 27.2. The summed E-state index contributed by atoms with van der Waals surface area (Å²) in [5.41, 5.74) is 6.73. The minimum atomic E-state index is -2.99. The molecule has 0 radical (unpaired) electrons. The van der Waals surface area contributed by atoms with Crippen LogP contribution in [0.2, 0.25) is 5.02 Å². The number of halogens is 4. The number of aryl methyl sites for hydroxylation is 1. The maximum atomic E-state index is 15.7. The van der Waals surface area contributed by atoms with Crippen molar-refractivity contribution < 1.29 is 17.9 Å². The van der Waals surface area contributed by atoms with Gasteiger partial charge in [0.05, 0.1) is 36.5 Å². The second-order valence-electron chi connectivity index (χ2n) is 9.40. The zero-order valence-electron chi connectivity index (χ0n) is 21.1. The third-order valence-corrected chi connectivity index (χ3v) is 6.56. The number of alkyl halides is 2. The SMILES string of the molecule is CN1CCCC1.COc1nc(N2CCNCC(F)(F)C2)c2cc(Cl)c(-c3cc(C)cc(N)n3)c(F)c2n1. The summed E-state index contributed by atoms with van der Waals surface area (Å²) < 4.78 is 49.2. The van der Waals surface area contributed by atoms with E-state index in [9.17, 15) is 8.78 Å². The van der Waals surface area contributed by atoms with Gasteiger partial charge in [-0.25, -0.2) is 18.2 Å². The van der Waals surface area contributed by atoms with E-state index >= 15 is 4.39 Å². The number of anilines is 2. The molecule has 12 heteroatoms. The Morgan fingerprint density at radius 3 is 2.46 bits per heavy atom. The van der Waals surface area contributed by atoms with Gasteiger partial charge < -0.3 is 25.6 Å². The summed E-state index contributed by atoms with van der Waals surface area (Å²) in [6, 6.07) is 4.60. The molecule has 0 atom stereocenters. The Hall–Kier alpha value is -2.89. The maximum absolute atomic E-state index is 15.7. The number of benzene rings is 1. The van der Waals surface area contributed by atoms with E-state index in [0.717, 1.165) is 5.56 Å². The average Bonchev–Trinajstić information content (AvgIpc) is 3.23. The van der Waals surface area contributed by atoms with Crippen molar-refractivity contribution in [1.82, 2.24) is 25.2 Å². The quantitative estimate of drug-likeness (QED) is 0.515. The molecule has 2 aliphatic rings. The van der Waals surface area contributed by atoms with Crippen molar-refractivity contribution in [1.29, 1.82) is 0 Å². The van der Waals surface area contributed by atoms with Crippen LogP contribution in [0, 0.1) is 12.7 Å². The van der Waals surface area contributed by atoms with Gasteiger partial charge in [-0.05, 0) is 63.7 Å². The molecule has 200 valence electrons. The van der Waals surface area contributed by atoms with Gasteiger partial charge in [0.1, 0.15) is 17.2 Å². The molecule has 0 amide bonds. The summed E-state index contributed by atoms with van der Waals surface area (Å²) >= 11 is 6.43. The molecular weight excluding hydrogens is 507 g/mol. The van der Waals surface area contributed by atoms with Crippen LogP contribution in [0.5, 0.6) is 6.01 Å². The Balaban J connectivity index is 0.000000469. The third-order valence-electron chi connectivity index (χ3n) is 6.26. The lowest BCUT2D eigenvalue weighted by Crippen LogP contribution is -2.39. The van der Waals surface area contributed by atoms with Crippen LogP contribution in [0.3, 0.4) is 0 Å². The van der Waals surface area contributed by atoms with Crippen molar-refractivity contribution in [3.8, 4) is 17.3 Å². The molecule has 0 aliphatic carbocycles. The predicted octanol–water partition coefficient (Wildman–Crippen LogP) is 4.14. The summed E-state index contributed by atoms with van der Waals surface area (Å²) in [4.78, 5) is 16.3. The molecular formula is C25H31ClF3N7O. The Kier molecular flexibility index (Phi) is 8.25. The van der Waals surface area contributed by atoms with Crippen LogP contribution in [0.15, 0.2) is 18.2 Å². The summed E-state index contributed by atoms with van der Waals surface area (Å²) in [6.07, 6.45) is 2.83. The molecule has 2 aliphatic heterocycles. The first-order chi connectivity index (χ1) is 17.6. The van der Waals surface area contributed by atoms with Gasteiger partial charge in [-0.3, -0.25) is 0 Å². The van der Waals surface area contributed by atoms with E-state index in [-0.39, 0.29) is 51.4 Å². The largest absolute Gasteiger partial charge is 0.467 e. The van der Waals surface area contributed by atoms with Gasteiger partial charge in [-0.1, -0.05) is 11.6 Å². The fourth-order valence-corrected chi connectivity index (χ4v) is 4.79. The molecule has 4 heterocycles. The van der Waals surface area contributed by atoms with E-state index in [4.69, 9.17) is 22.1 Å². The van der Waals surface area contributed by atoms with Gasteiger partial charge in [0.2, 0.25) is 0 Å². The van der Waals surface area contributed by atoms with Gasteiger partial charge in [0.25, 0.3) is 5.92 Å². The van der Waals surface area contributed by atoms with E-state index in [1.54, 1.807) is 19.1 Å². The molecule has 0 bridgehead atoms. The standard InChI is InChI=1S/C20H20ClF3N6O.C5H11N/c1-10-5-13(27-14(25)6-10)15-12(21)7-11-17(16(15)22)28-19(31-2)29-18(11)30-4-3-26-8-20(23,24)9-30;1-6-4-2-3-5-6/h5-7,26H,3-4,8-9H2,1-2H3,(H2,25,27);2-5H2,1H3. The average molecular weight is 538 g/mol. The van der Waals surface area contributed by atoms with Crippen molar-refractivity contribution in [3.05, 3.63) is 34.6 Å². The molecule has 2 saturated heterocycles. The van der Waals surface area contributed by atoms with E-state index in [2.05, 4.69) is 32.2 Å². The molecule has 2 aromatic heterocycles. The van der Waals surface area contributed by atoms with Crippen LogP contribution in [0.1, 0.15) is 18.4 Å². The number of nitrogens with zero attached hydrogens (tertiary/aromatic N) is 5. The fraction of sp³-hybridized carbons (Fsp3) is 0.480. The first-order valence-corrected chi connectivity index (χ1v) is 12.5. The van der Waals surface area contributed by atoms with Crippen LogP contribution in [-0.4, -0.2) is 79.2 Å². The zero-order valence-corrected chi connectivity index (χ0v) is 21.9. The highest BCUT2D eigenvalue weighted by Crippen LogP contribution is 2.39. The number of aromatic nitrogens is 3. The Bertz CT molecular complexity index is 1250. The highest BCUT2D eigenvalue weighted by atomic mass is 35.5. The van der Waals surface area contributed by atoms with E-state index < -0.39 is 24.8 Å². The van der Waals surface area contributed by atoms with E-state index in [1.807, 2.05) is 0 Å². The second-order valence-corrected chi connectivity index (χ2v) is 9.80. The minimum Gasteiger partial charge on any atom is -0.467 e. The van der Waals surface area contributed by atoms with Gasteiger partial charge in [0, 0.05) is 18.5 Å². The molecule has 37 heavy (non-hydrogen) atoms. The monoisotopic (exact) mass is 537 g/mol. The van der Waals surface area contributed by atoms with Crippen molar-refractivity contribution in [2.45, 2.75) is 25.7 Å². The molecule has 5 rings (SSSR count). The molecule has 2 fully saturated rings. The van der Waals surface area contributed by atoms with Crippen molar-refractivity contribution in [2.24, 2.45) is 0 Å². The molecule has 0 spiro atoms. The molecule has 3 aromatic rings. The highest BCUT2D eigenvalue weighted by Gasteiger charge is 2.35. The van der Waals surface area contributed by atoms with Gasteiger partial charge >= 0.3 is 6.01 Å². The number of nitrogens with two attached hydrogens (primary N) is 1. The number of nitrogen functional groups attached to an aromatic ring is 1.